The van der Waals surface area contributed by atoms with E-state index in [4.69, 9.17) is 11.6 Å². The molecule has 0 amide bonds. The third-order valence-electron chi connectivity index (χ3n) is 20.7. The van der Waals surface area contributed by atoms with E-state index in [1.54, 1.807) is 0 Å². The molecule has 85 heavy (non-hydrogen) atoms. The first-order valence-electron chi connectivity index (χ1n) is 29.7. The summed E-state index contributed by atoms with van der Waals surface area (Å²) in [5, 5.41) is 31.4. The Morgan fingerprint density at radius 1 is 0.282 bits per heavy atom. The molecule has 0 heterocycles. The molecule has 2 bridgehead atoms. The van der Waals surface area contributed by atoms with Gasteiger partial charge in [0.15, 0.2) is 11.2 Å². The van der Waals surface area contributed by atoms with E-state index in [2.05, 4.69) is 226 Å². The Morgan fingerprint density at radius 3 is 1.07 bits per heavy atom. The standard InChI is InChI=1S/C81H47ClO2Si/c1-85(2,3)78-65-53-33-17-15-31-51(53)62-68-61-50-30-14-16-32-52(50)64-70(61)66(59-48-28-12-13-29-49(48)60(67(59)68)69(71(62)65)63-54-34-18-21-37-57(54)77(83)72(63)78)58(42-38-40-45(82)41-39-42)75-76(64)81(44-24-8-5-9-25-44)74-56-36-20-11-27-47(56)46-26-10-19-35-55(46)73(74)80(75,79(81)84)43-22-6-4-7-23-43/h4-41H,1-3H3/t80-,81+/m0/s1. The van der Waals surface area contributed by atoms with Gasteiger partial charge in [0, 0.05) is 26.6 Å². The normalized spacial score (nSPS) is 17.1. The van der Waals surface area contributed by atoms with E-state index in [9.17, 15) is 0 Å². The minimum Gasteiger partial charge on any atom is -0.296 e. The molecule has 0 saturated heterocycles. The third-order valence-corrected chi connectivity index (χ3v) is 23.0. The number of benzene rings is 14. The Bertz CT molecular complexity index is 6160. The molecule has 2 aliphatic carbocycles. The van der Waals surface area contributed by atoms with Gasteiger partial charge in [-0.3, -0.25) is 9.59 Å². The Balaban J connectivity index is 1.18. The second-order valence-corrected chi connectivity index (χ2v) is 30.9. The van der Waals surface area contributed by atoms with Crippen LogP contribution in [0.4, 0.5) is 0 Å². The summed E-state index contributed by atoms with van der Waals surface area (Å²) < 4.78 is 0. The Morgan fingerprint density at radius 2 is 0.612 bits per heavy atom. The van der Waals surface area contributed by atoms with Gasteiger partial charge >= 0.3 is 0 Å². The molecule has 20 rings (SSSR count). The largest absolute Gasteiger partial charge is 0.296 e. The predicted octanol–water partition coefficient (Wildman–Crippen LogP) is 20.2. The second kappa shape index (κ2) is 15.5. The van der Waals surface area contributed by atoms with E-state index in [1.165, 1.54) is 64.4 Å². The number of rotatable bonds is 4. The number of hydrogen-bond acceptors (Lipinski definition) is 2. The van der Waals surface area contributed by atoms with Crippen LogP contribution in [0.1, 0.15) is 33.4 Å². The molecule has 0 fully saturated rings. The molecule has 0 N–H and O–H groups in total. The maximum absolute atomic E-state index is 18.3. The van der Waals surface area contributed by atoms with Gasteiger partial charge in [0.1, 0.15) is 10.8 Å². The highest BCUT2D eigenvalue weighted by Gasteiger charge is 2.72. The lowest BCUT2D eigenvalue weighted by Crippen LogP contribution is -2.40. The summed E-state index contributed by atoms with van der Waals surface area (Å²) in [6, 6.07) is 83.4. The topological polar surface area (TPSA) is 34.1 Å². The zero-order valence-electron chi connectivity index (χ0n) is 46.6. The predicted molar refractivity (Wildman–Crippen MR) is 363 cm³/mol. The number of ketones is 1. The SMILES string of the molecule is C[Si](C)(C)c1c2c(=O)c3ccccc3c2c2c3c4ccccc4c4c5c(-c6ccc(Cl)cc6)c6c(c7c8ccccc8c(c75)c(c5c7ccccc7c1c52)c43)[C@]1(c2ccccc2)C(=O)[C@@]6(c2ccccc2)c2c1c1ccccc1c1ccccc21. The third kappa shape index (κ3) is 5.07. The van der Waals surface area contributed by atoms with Crippen molar-refractivity contribution in [2.45, 2.75) is 30.5 Å². The molecule has 2 nitrogen and oxygen atoms in total. The maximum Gasteiger partial charge on any atom is 0.194 e. The molecular formula is C81H47ClO2Si. The lowest BCUT2D eigenvalue weighted by atomic mass is 9.62. The Kier molecular flexibility index (Phi) is 8.51. The summed E-state index contributed by atoms with van der Waals surface area (Å²) in [7, 11) is -2.34. The van der Waals surface area contributed by atoms with Crippen molar-refractivity contribution >= 4 is 171 Å². The number of hydrogen-bond donors (Lipinski definition) is 0. The Labute approximate surface area is 493 Å². The summed E-state index contributed by atoms with van der Waals surface area (Å²) in [4.78, 5) is 34.0. The smallest absolute Gasteiger partial charge is 0.194 e. The summed E-state index contributed by atoms with van der Waals surface area (Å²) in [5.41, 5.74) is 5.69. The van der Waals surface area contributed by atoms with Crippen molar-refractivity contribution in [3.8, 4) is 11.1 Å². The number of fused-ring (bicyclic) bond motifs is 31. The van der Waals surface area contributed by atoms with Crippen molar-refractivity contribution in [3.63, 3.8) is 0 Å². The number of carbonyl (C=O) groups is 1. The zero-order valence-corrected chi connectivity index (χ0v) is 48.4. The summed E-state index contributed by atoms with van der Waals surface area (Å²) in [6.45, 7) is 7.27. The van der Waals surface area contributed by atoms with Crippen molar-refractivity contribution in [1.82, 2.24) is 0 Å². The van der Waals surface area contributed by atoms with Crippen LogP contribution in [0.25, 0.3) is 151 Å². The molecule has 0 aromatic heterocycles. The lowest BCUT2D eigenvalue weighted by Gasteiger charge is -2.37. The minimum absolute atomic E-state index is 0.126. The quantitative estimate of drug-likeness (QED) is 0.1000. The molecule has 0 saturated carbocycles. The van der Waals surface area contributed by atoms with Crippen LogP contribution in [0.3, 0.4) is 0 Å². The highest BCUT2D eigenvalue weighted by molar-refractivity contribution is 6.93. The highest BCUT2D eigenvalue weighted by atomic mass is 35.5. The van der Waals surface area contributed by atoms with Crippen molar-refractivity contribution in [2.75, 3.05) is 0 Å². The molecule has 2 aliphatic rings. The fraction of sp³-hybridized carbons (Fsp3) is 0.0617. The van der Waals surface area contributed by atoms with E-state index in [0.717, 1.165) is 125 Å². The summed E-state index contributed by atoms with van der Waals surface area (Å²) in [5.74, 6) is 0.152. The summed E-state index contributed by atoms with van der Waals surface area (Å²) >= 11 is 7.06. The molecule has 0 aliphatic heterocycles. The van der Waals surface area contributed by atoms with E-state index < -0.39 is 18.9 Å². The van der Waals surface area contributed by atoms with Crippen molar-refractivity contribution in [2.24, 2.45) is 0 Å². The van der Waals surface area contributed by atoms with Gasteiger partial charge in [-0.15, -0.1) is 0 Å². The van der Waals surface area contributed by atoms with E-state index in [1.807, 2.05) is 24.3 Å². The lowest BCUT2D eigenvalue weighted by molar-refractivity contribution is -0.122. The van der Waals surface area contributed by atoms with Gasteiger partial charge < -0.3 is 0 Å². The van der Waals surface area contributed by atoms with Crippen LogP contribution in [0.15, 0.2) is 235 Å². The zero-order chi connectivity index (χ0) is 56.3. The van der Waals surface area contributed by atoms with E-state index in [-0.39, 0.29) is 11.2 Å². The molecular weight excluding hydrogens is 1070 g/mol. The van der Waals surface area contributed by atoms with Crippen LogP contribution >= 0.6 is 11.6 Å². The van der Waals surface area contributed by atoms with Gasteiger partial charge in [-0.1, -0.05) is 250 Å². The number of halogens is 1. The molecule has 394 valence electrons. The highest BCUT2D eigenvalue weighted by Crippen LogP contribution is 2.73. The van der Waals surface area contributed by atoms with Gasteiger partial charge in [0.05, 0.1) is 8.07 Å². The van der Waals surface area contributed by atoms with Crippen LogP contribution in [0.5, 0.6) is 0 Å². The first kappa shape index (κ1) is 46.7. The Hall–Kier alpha value is -9.77. The molecule has 0 radical (unpaired) electrons. The second-order valence-electron chi connectivity index (χ2n) is 25.4. The number of Topliss-reactive ketones (excluding diaryl/α,β-unsaturated/α-hetero) is 1. The monoisotopic (exact) mass is 1110 g/mol. The average molecular weight is 1120 g/mol. The van der Waals surface area contributed by atoms with Crippen molar-refractivity contribution < 1.29 is 4.79 Å². The average Bonchev–Trinajstić information content (AvgIpc) is 1.46. The molecule has 2 atom stereocenters. The van der Waals surface area contributed by atoms with E-state index >= 15 is 9.59 Å². The van der Waals surface area contributed by atoms with Gasteiger partial charge in [-0.2, -0.15) is 0 Å². The molecule has 0 unspecified atom stereocenters. The van der Waals surface area contributed by atoms with Gasteiger partial charge in [0.2, 0.25) is 0 Å². The van der Waals surface area contributed by atoms with Gasteiger partial charge in [0.25, 0.3) is 0 Å². The van der Waals surface area contributed by atoms with Gasteiger partial charge in [-0.05, 0) is 180 Å². The fourth-order valence-electron chi connectivity index (χ4n) is 18.2. The van der Waals surface area contributed by atoms with Crippen LogP contribution in [-0.4, -0.2) is 13.9 Å². The fourth-order valence-corrected chi connectivity index (χ4v) is 20.3. The minimum atomic E-state index is -2.34. The molecule has 0 spiro atoms. The first-order chi connectivity index (χ1) is 41.7. The first-order valence-corrected chi connectivity index (χ1v) is 33.6. The number of carbonyl (C=O) groups excluding carboxylic acids is 1. The van der Waals surface area contributed by atoms with Crippen LogP contribution in [-0.2, 0) is 15.6 Å². The maximum atomic E-state index is 18.3. The summed E-state index contributed by atoms with van der Waals surface area (Å²) in [6.07, 6.45) is 0. The van der Waals surface area contributed by atoms with Crippen molar-refractivity contribution in [1.29, 1.82) is 0 Å². The van der Waals surface area contributed by atoms with Crippen LogP contribution in [0.2, 0.25) is 24.7 Å². The van der Waals surface area contributed by atoms with E-state index in [0.29, 0.717) is 5.02 Å². The van der Waals surface area contributed by atoms with Crippen LogP contribution < -0.4 is 10.6 Å². The molecule has 18 aromatic carbocycles. The van der Waals surface area contributed by atoms with Gasteiger partial charge in [-0.25, -0.2) is 0 Å². The molecule has 4 heteroatoms. The van der Waals surface area contributed by atoms with Crippen LogP contribution in [0, 0.1) is 0 Å². The molecule has 18 aromatic rings. The van der Waals surface area contributed by atoms with Crippen molar-refractivity contribution in [3.05, 3.63) is 279 Å².